The molecule has 0 aliphatic rings. The number of para-hydroxylation sites is 1. The first kappa shape index (κ1) is 20.9. The van der Waals surface area contributed by atoms with Crippen LogP contribution in [0.15, 0.2) is 53.4 Å². The summed E-state index contributed by atoms with van der Waals surface area (Å²) in [6, 6.07) is 13.8. The van der Waals surface area contributed by atoms with Crippen molar-refractivity contribution < 1.29 is 23.5 Å². The van der Waals surface area contributed by atoms with Crippen LogP contribution < -0.4 is 10.6 Å². The average molecular weight is 401 g/mol. The van der Waals surface area contributed by atoms with Gasteiger partial charge in [-0.1, -0.05) is 12.1 Å². The number of amides is 2. The van der Waals surface area contributed by atoms with Crippen molar-refractivity contribution in [2.75, 3.05) is 24.2 Å². The summed E-state index contributed by atoms with van der Waals surface area (Å²) in [5.74, 6) is -2.16. The third-order valence-corrected chi connectivity index (χ3v) is 4.26. The Morgan fingerprint density at radius 2 is 1.82 bits per heavy atom. The number of hydrogen-bond donors (Lipinski definition) is 2. The number of thioether (sulfide) groups is 1. The maximum absolute atomic E-state index is 12.8. The van der Waals surface area contributed by atoms with Gasteiger partial charge in [-0.3, -0.25) is 14.4 Å². The van der Waals surface area contributed by atoms with Gasteiger partial charge in [0.1, 0.15) is 12.4 Å². The van der Waals surface area contributed by atoms with E-state index < -0.39 is 36.8 Å². The maximum atomic E-state index is 12.8. The molecule has 0 aliphatic carbocycles. The molecule has 2 amide bonds. The summed E-state index contributed by atoms with van der Waals surface area (Å²) in [6.07, 6.45) is 0. The van der Waals surface area contributed by atoms with Crippen LogP contribution in [0.1, 0.15) is 10.4 Å². The SMILES string of the molecule is N#CCSc1ccccc1NC(=O)COC(=O)CNC(=O)c1ccc(F)cc1. The number of halogens is 1. The Morgan fingerprint density at radius 3 is 2.54 bits per heavy atom. The van der Waals surface area contributed by atoms with Crippen molar-refractivity contribution >= 4 is 35.2 Å². The van der Waals surface area contributed by atoms with Crippen LogP contribution in [0.2, 0.25) is 0 Å². The predicted octanol–water partition coefficient (Wildman–Crippen LogP) is 2.35. The van der Waals surface area contributed by atoms with Crippen molar-refractivity contribution in [1.29, 1.82) is 5.26 Å². The summed E-state index contributed by atoms with van der Waals surface area (Å²) < 4.78 is 17.6. The zero-order valence-electron chi connectivity index (χ0n) is 14.6. The third kappa shape index (κ3) is 6.74. The summed E-state index contributed by atoms with van der Waals surface area (Å²) in [5.41, 5.74) is 0.701. The molecule has 0 aromatic heterocycles. The van der Waals surface area contributed by atoms with Gasteiger partial charge in [-0.25, -0.2) is 4.39 Å². The second kappa shape index (κ2) is 10.7. The monoisotopic (exact) mass is 401 g/mol. The highest BCUT2D eigenvalue weighted by molar-refractivity contribution is 7.99. The Hall–Kier alpha value is -3.38. The van der Waals surface area contributed by atoms with E-state index in [-0.39, 0.29) is 11.3 Å². The molecule has 0 fully saturated rings. The summed E-state index contributed by atoms with van der Waals surface area (Å²) in [4.78, 5) is 36.2. The molecule has 0 heterocycles. The van der Waals surface area contributed by atoms with Crippen molar-refractivity contribution in [2.45, 2.75) is 4.90 Å². The summed E-state index contributed by atoms with van der Waals surface area (Å²) in [6.45, 7) is -0.958. The lowest BCUT2D eigenvalue weighted by Gasteiger charge is -2.10. The summed E-state index contributed by atoms with van der Waals surface area (Å²) in [5, 5.41) is 13.6. The smallest absolute Gasteiger partial charge is 0.325 e. The largest absolute Gasteiger partial charge is 0.454 e. The van der Waals surface area contributed by atoms with Gasteiger partial charge in [0.05, 0.1) is 17.5 Å². The van der Waals surface area contributed by atoms with E-state index in [9.17, 15) is 18.8 Å². The highest BCUT2D eigenvalue weighted by atomic mass is 32.2. The number of esters is 1. The average Bonchev–Trinajstić information content (AvgIpc) is 2.70. The quantitative estimate of drug-likeness (QED) is 0.519. The molecule has 28 heavy (non-hydrogen) atoms. The van der Waals surface area contributed by atoms with Gasteiger partial charge in [0.15, 0.2) is 6.61 Å². The van der Waals surface area contributed by atoms with Crippen LogP contribution in [0.5, 0.6) is 0 Å². The van der Waals surface area contributed by atoms with E-state index in [2.05, 4.69) is 10.6 Å². The third-order valence-electron chi connectivity index (χ3n) is 3.32. The van der Waals surface area contributed by atoms with Crippen molar-refractivity contribution in [3.05, 3.63) is 59.9 Å². The lowest BCUT2D eigenvalue weighted by atomic mass is 10.2. The van der Waals surface area contributed by atoms with E-state index in [4.69, 9.17) is 10.00 Å². The molecular formula is C19H16FN3O4S. The standard InChI is InChI=1S/C19H16FN3O4S/c20-14-7-5-13(6-8-14)19(26)22-11-18(25)27-12-17(24)23-15-3-1-2-4-16(15)28-10-9-21/h1-8H,10-12H2,(H,22,26)(H,23,24). The Balaban J connectivity index is 1.77. The lowest BCUT2D eigenvalue weighted by Crippen LogP contribution is -2.32. The van der Waals surface area contributed by atoms with Crippen molar-refractivity contribution in [1.82, 2.24) is 5.32 Å². The molecule has 7 nitrogen and oxygen atoms in total. The number of benzene rings is 2. The number of nitriles is 1. The fourth-order valence-corrected chi connectivity index (χ4v) is 2.71. The fourth-order valence-electron chi connectivity index (χ4n) is 2.04. The Kier molecular flexibility index (Phi) is 7.99. The molecule has 144 valence electrons. The molecule has 2 aromatic carbocycles. The first-order valence-corrected chi connectivity index (χ1v) is 9.06. The molecule has 2 rings (SSSR count). The number of carbonyl (C=O) groups is 3. The highest BCUT2D eigenvalue weighted by Gasteiger charge is 2.12. The van der Waals surface area contributed by atoms with Gasteiger partial charge in [0.2, 0.25) is 0 Å². The Morgan fingerprint density at radius 1 is 1.11 bits per heavy atom. The maximum Gasteiger partial charge on any atom is 0.325 e. The minimum atomic E-state index is -0.794. The van der Waals surface area contributed by atoms with Crippen molar-refractivity contribution in [2.24, 2.45) is 0 Å². The van der Waals surface area contributed by atoms with E-state index in [0.29, 0.717) is 5.69 Å². The lowest BCUT2D eigenvalue weighted by molar-refractivity contribution is -0.146. The van der Waals surface area contributed by atoms with Crippen LogP contribution in [-0.4, -0.2) is 36.7 Å². The van der Waals surface area contributed by atoms with E-state index in [0.717, 1.165) is 17.0 Å². The van der Waals surface area contributed by atoms with Gasteiger partial charge < -0.3 is 15.4 Å². The summed E-state index contributed by atoms with van der Waals surface area (Å²) in [7, 11) is 0. The molecule has 0 saturated heterocycles. The van der Waals surface area contributed by atoms with Gasteiger partial charge in [0, 0.05) is 10.5 Å². The van der Waals surface area contributed by atoms with Crippen molar-refractivity contribution in [3.8, 4) is 6.07 Å². The minimum Gasteiger partial charge on any atom is -0.454 e. The topological polar surface area (TPSA) is 108 Å². The molecule has 2 N–H and O–H groups in total. The number of carbonyl (C=O) groups excluding carboxylic acids is 3. The molecule has 0 saturated carbocycles. The van der Waals surface area contributed by atoms with Crippen LogP contribution in [-0.2, 0) is 14.3 Å². The first-order chi connectivity index (χ1) is 13.5. The number of anilines is 1. The molecule has 9 heteroatoms. The minimum absolute atomic E-state index is 0.193. The van der Waals surface area contributed by atoms with Crippen LogP contribution in [0, 0.1) is 17.1 Å². The van der Waals surface area contributed by atoms with Gasteiger partial charge in [0.25, 0.3) is 11.8 Å². The van der Waals surface area contributed by atoms with Crippen LogP contribution in [0.4, 0.5) is 10.1 Å². The molecule has 0 bridgehead atoms. The Labute approximate surface area is 164 Å². The molecule has 0 atom stereocenters. The molecule has 0 aliphatic heterocycles. The van der Waals surface area contributed by atoms with E-state index in [1.54, 1.807) is 24.3 Å². The normalized spacial score (nSPS) is 9.86. The molecular weight excluding hydrogens is 385 g/mol. The number of hydrogen-bond acceptors (Lipinski definition) is 6. The second-order valence-electron chi connectivity index (χ2n) is 5.34. The zero-order chi connectivity index (χ0) is 20.4. The van der Waals surface area contributed by atoms with Crippen molar-refractivity contribution in [3.63, 3.8) is 0 Å². The van der Waals surface area contributed by atoms with E-state index >= 15 is 0 Å². The second-order valence-corrected chi connectivity index (χ2v) is 6.36. The number of nitrogens with one attached hydrogen (secondary N) is 2. The van der Waals surface area contributed by atoms with Gasteiger partial charge in [-0.2, -0.15) is 5.26 Å². The Bertz CT molecular complexity index is 897. The van der Waals surface area contributed by atoms with Gasteiger partial charge >= 0.3 is 5.97 Å². The fraction of sp³-hybridized carbons (Fsp3) is 0.158. The molecule has 0 unspecified atom stereocenters. The number of rotatable bonds is 8. The van der Waals surface area contributed by atoms with Gasteiger partial charge in [-0.15, -0.1) is 11.8 Å². The predicted molar refractivity (Wildman–Crippen MR) is 101 cm³/mol. The van der Waals surface area contributed by atoms with Crippen LogP contribution in [0.25, 0.3) is 0 Å². The van der Waals surface area contributed by atoms with Crippen LogP contribution >= 0.6 is 11.8 Å². The van der Waals surface area contributed by atoms with Crippen LogP contribution in [0.3, 0.4) is 0 Å². The molecule has 0 spiro atoms. The zero-order valence-corrected chi connectivity index (χ0v) is 15.4. The molecule has 2 aromatic rings. The highest BCUT2D eigenvalue weighted by Crippen LogP contribution is 2.26. The summed E-state index contributed by atoms with van der Waals surface area (Å²) >= 11 is 1.27. The van der Waals surface area contributed by atoms with E-state index in [1.165, 1.54) is 23.9 Å². The number of ether oxygens (including phenoxy) is 1. The molecule has 0 radical (unpaired) electrons. The van der Waals surface area contributed by atoms with Gasteiger partial charge in [-0.05, 0) is 36.4 Å². The number of nitrogens with zero attached hydrogens (tertiary/aromatic N) is 1. The first-order valence-electron chi connectivity index (χ1n) is 8.07. The van der Waals surface area contributed by atoms with E-state index in [1.807, 2.05) is 6.07 Å².